The first-order chi connectivity index (χ1) is 11.1. The molecule has 122 valence electrons. The van der Waals surface area contributed by atoms with Crippen LogP contribution in [0.25, 0.3) is 0 Å². The summed E-state index contributed by atoms with van der Waals surface area (Å²) in [6.07, 6.45) is 3.25. The molecule has 0 aliphatic heterocycles. The Bertz CT molecular complexity index is 683. The summed E-state index contributed by atoms with van der Waals surface area (Å²) in [5.74, 6) is 1.20. The largest absolute Gasteiger partial charge is 0.352 e. The summed E-state index contributed by atoms with van der Waals surface area (Å²) in [5, 5.41) is 6.61. The van der Waals surface area contributed by atoms with E-state index in [4.69, 9.17) is 11.6 Å². The fraction of sp³-hybridized carbons (Fsp3) is 0.412. The number of anilines is 3. The quantitative estimate of drug-likeness (QED) is 0.771. The van der Waals surface area contributed by atoms with Crippen molar-refractivity contribution in [3.8, 4) is 0 Å². The van der Waals surface area contributed by atoms with Gasteiger partial charge in [-0.05, 0) is 38.3 Å². The average molecular weight is 335 g/mol. The van der Waals surface area contributed by atoms with Crippen LogP contribution in [0.5, 0.6) is 0 Å². The highest BCUT2D eigenvalue weighted by Gasteiger charge is 2.26. The van der Waals surface area contributed by atoms with Gasteiger partial charge in [-0.25, -0.2) is 9.37 Å². The van der Waals surface area contributed by atoms with Crippen molar-refractivity contribution < 1.29 is 4.39 Å². The summed E-state index contributed by atoms with van der Waals surface area (Å²) in [7, 11) is 0. The number of aromatic nitrogens is 2. The first-order valence-corrected chi connectivity index (χ1v) is 8.31. The van der Waals surface area contributed by atoms with E-state index in [0.717, 1.165) is 25.0 Å². The number of hydrogen-bond acceptors (Lipinski definition) is 4. The zero-order valence-electron chi connectivity index (χ0n) is 13.2. The Labute approximate surface area is 140 Å². The molecule has 1 atom stereocenters. The van der Waals surface area contributed by atoms with Gasteiger partial charge in [0.2, 0.25) is 5.95 Å². The van der Waals surface area contributed by atoms with E-state index in [1.807, 2.05) is 6.07 Å². The van der Waals surface area contributed by atoms with E-state index in [0.29, 0.717) is 22.7 Å². The predicted octanol–water partition coefficient (Wildman–Crippen LogP) is 5.10. The van der Waals surface area contributed by atoms with Gasteiger partial charge in [0.15, 0.2) is 0 Å². The van der Waals surface area contributed by atoms with Crippen LogP contribution in [0.1, 0.15) is 44.7 Å². The Kier molecular flexibility index (Phi) is 4.66. The van der Waals surface area contributed by atoms with Gasteiger partial charge in [-0.2, -0.15) is 4.98 Å². The monoisotopic (exact) mass is 334 g/mol. The minimum absolute atomic E-state index is 0.240. The van der Waals surface area contributed by atoms with Gasteiger partial charge in [0.25, 0.3) is 0 Å². The lowest BCUT2D eigenvalue weighted by atomic mass is 10.2. The first kappa shape index (κ1) is 16.0. The van der Waals surface area contributed by atoms with Crippen LogP contribution in [-0.2, 0) is 0 Å². The highest BCUT2D eigenvalue weighted by molar-refractivity contribution is 6.33. The molecule has 1 aliphatic rings. The van der Waals surface area contributed by atoms with Crippen molar-refractivity contribution >= 4 is 29.1 Å². The lowest BCUT2D eigenvalue weighted by molar-refractivity contribution is 0.632. The van der Waals surface area contributed by atoms with Gasteiger partial charge in [-0.15, -0.1) is 0 Å². The number of rotatable bonds is 6. The first-order valence-electron chi connectivity index (χ1n) is 7.93. The summed E-state index contributed by atoms with van der Waals surface area (Å²) >= 11 is 6.08. The summed E-state index contributed by atoms with van der Waals surface area (Å²) in [4.78, 5) is 9.03. The molecule has 0 saturated heterocycles. The van der Waals surface area contributed by atoms with Crippen molar-refractivity contribution in [2.45, 2.75) is 45.1 Å². The van der Waals surface area contributed by atoms with Crippen LogP contribution in [0, 0.1) is 5.82 Å². The van der Waals surface area contributed by atoms with Gasteiger partial charge < -0.3 is 10.6 Å². The molecule has 1 heterocycles. The van der Waals surface area contributed by atoms with E-state index in [2.05, 4.69) is 34.4 Å². The summed E-state index contributed by atoms with van der Waals surface area (Å²) in [5.41, 5.74) is 1.23. The lowest BCUT2D eigenvalue weighted by Crippen LogP contribution is -2.16. The molecular weight excluding hydrogens is 315 g/mol. The van der Waals surface area contributed by atoms with E-state index in [9.17, 15) is 4.39 Å². The molecular formula is C17H20ClFN4. The van der Waals surface area contributed by atoms with Crippen molar-refractivity contribution in [1.29, 1.82) is 0 Å². The zero-order chi connectivity index (χ0) is 16.4. The Balaban J connectivity index is 1.91. The predicted molar refractivity (Wildman–Crippen MR) is 92.1 cm³/mol. The lowest BCUT2D eigenvalue weighted by Gasteiger charge is -2.15. The van der Waals surface area contributed by atoms with Crippen LogP contribution in [0.2, 0.25) is 5.02 Å². The van der Waals surface area contributed by atoms with Gasteiger partial charge >= 0.3 is 0 Å². The number of benzene rings is 1. The van der Waals surface area contributed by atoms with Crippen molar-refractivity contribution in [2.24, 2.45) is 0 Å². The van der Waals surface area contributed by atoms with E-state index in [-0.39, 0.29) is 11.7 Å². The van der Waals surface area contributed by atoms with E-state index < -0.39 is 5.82 Å². The fourth-order valence-corrected chi connectivity index (χ4v) is 2.46. The average Bonchev–Trinajstić information content (AvgIpc) is 3.35. The molecule has 2 N–H and O–H groups in total. The van der Waals surface area contributed by atoms with E-state index >= 15 is 0 Å². The van der Waals surface area contributed by atoms with Crippen LogP contribution in [0.3, 0.4) is 0 Å². The zero-order valence-corrected chi connectivity index (χ0v) is 14.0. The molecule has 1 aromatic heterocycles. The number of halogens is 2. The second-order valence-electron chi connectivity index (χ2n) is 5.95. The summed E-state index contributed by atoms with van der Waals surface area (Å²) in [6, 6.07) is 6.75. The SMILES string of the molecule is CC[C@@H](C)Nc1nc(Nc2c(F)cccc2Cl)cc(C2CC2)n1. The topological polar surface area (TPSA) is 49.8 Å². The van der Waals surface area contributed by atoms with Gasteiger partial charge in [0.1, 0.15) is 11.6 Å². The maximum absolute atomic E-state index is 14.0. The summed E-state index contributed by atoms with van der Waals surface area (Å²) in [6.45, 7) is 4.18. The Morgan fingerprint density at radius 2 is 2.13 bits per heavy atom. The number of nitrogens with zero attached hydrogens (tertiary/aromatic N) is 2. The molecule has 1 fully saturated rings. The van der Waals surface area contributed by atoms with E-state index in [1.165, 1.54) is 6.07 Å². The highest BCUT2D eigenvalue weighted by Crippen LogP contribution is 2.40. The minimum atomic E-state index is -0.402. The van der Waals surface area contributed by atoms with Gasteiger partial charge in [-0.1, -0.05) is 24.6 Å². The smallest absolute Gasteiger partial charge is 0.225 e. The van der Waals surface area contributed by atoms with Crippen LogP contribution >= 0.6 is 11.6 Å². The molecule has 2 aromatic rings. The molecule has 23 heavy (non-hydrogen) atoms. The van der Waals surface area contributed by atoms with Crippen LogP contribution in [-0.4, -0.2) is 16.0 Å². The number of para-hydroxylation sites is 1. The van der Waals surface area contributed by atoms with Crippen molar-refractivity contribution in [3.63, 3.8) is 0 Å². The molecule has 0 spiro atoms. The highest BCUT2D eigenvalue weighted by atomic mass is 35.5. The molecule has 3 rings (SSSR count). The van der Waals surface area contributed by atoms with Gasteiger partial charge in [0, 0.05) is 18.0 Å². The minimum Gasteiger partial charge on any atom is -0.352 e. The van der Waals surface area contributed by atoms with Crippen molar-refractivity contribution in [1.82, 2.24) is 9.97 Å². The standard InChI is InChI=1S/C17H20ClFN4/c1-3-10(2)20-17-21-14(11-7-8-11)9-15(23-17)22-16-12(18)5-4-6-13(16)19/h4-6,9-11H,3,7-8H2,1-2H3,(H2,20,21,22,23)/t10-/m1/s1. The third kappa shape index (κ3) is 3.91. The Morgan fingerprint density at radius 3 is 2.78 bits per heavy atom. The second kappa shape index (κ2) is 6.71. The van der Waals surface area contributed by atoms with Gasteiger partial charge in [-0.3, -0.25) is 0 Å². The Morgan fingerprint density at radius 1 is 1.35 bits per heavy atom. The van der Waals surface area contributed by atoms with Crippen LogP contribution < -0.4 is 10.6 Å². The van der Waals surface area contributed by atoms with Crippen molar-refractivity contribution in [2.75, 3.05) is 10.6 Å². The third-order valence-corrected chi connectivity index (χ3v) is 4.26. The fourth-order valence-electron chi connectivity index (χ4n) is 2.25. The maximum atomic E-state index is 14.0. The molecule has 1 aromatic carbocycles. The number of hydrogen-bond donors (Lipinski definition) is 2. The summed E-state index contributed by atoms with van der Waals surface area (Å²) < 4.78 is 14.0. The van der Waals surface area contributed by atoms with E-state index in [1.54, 1.807) is 12.1 Å². The molecule has 1 aliphatic carbocycles. The van der Waals surface area contributed by atoms with Crippen LogP contribution in [0.4, 0.5) is 21.8 Å². The Hall–Kier alpha value is -1.88. The normalized spacial score (nSPS) is 15.3. The molecule has 0 amide bonds. The molecule has 0 radical (unpaired) electrons. The van der Waals surface area contributed by atoms with Gasteiger partial charge in [0.05, 0.1) is 16.4 Å². The molecule has 4 nitrogen and oxygen atoms in total. The molecule has 0 unspecified atom stereocenters. The third-order valence-electron chi connectivity index (χ3n) is 3.95. The maximum Gasteiger partial charge on any atom is 0.225 e. The molecule has 1 saturated carbocycles. The second-order valence-corrected chi connectivity index (χ2v) is 6.36. The molecule has 6 heteroatoms. The van der Waals surface area contributed by atoms with Crippen LogP contribution in [0.15, 0.2) is 24.3 Å². The molecule has 0 bridgehead atoms. The number of nitrogens with one attached hydrogen (secondary N) is 2. The van der Waals surface area contributed by atoms with Crippen molar-refractivity contribution in [3.05, 3.63) is 40.8 Å².